The van der Waals surface area contributed by atoms with Gasteiger partial charge in [0.2, 0.25) is 0 Å². The normalized spacial score (nSPS) is 34.6. The van der Waals surface area contributed by atoms with Crippen LogP contribution >= 0.6 is 0 Å². The number of aromatic nitrogens is 2. The molecule has 0 saturated carbocycles. The number of nitrogens with zero attached hydrogens (tertiary/aromatic N) is 1. The second kappa shape index (κ2) is 4.55. The average Bonchev–Trinajstić information content (AvgIpc) is 2.62. The standard InChI is InChI=1S/C11H15FN2O5/c1-10(18)4-11(5-12,6-15)19-8(10)14-3-2-7(16)13-9(14)17/h2-3,8,15,18H,4-6H2,1H3,(H,13,16,17)/t8-,10-,11-/m1/s1. The first-order valence-electron chi connectivity index (χ1n) is 5.72. The summed E-state index contributed by atoms with van der Waals surface area (Å²) in [5.41, 5.74) is -4.44. The molecule has 2 heterocycles. The van der Waals surface area contributed by atoms with E-state index in [4.69, 9.17) is 4.74 Å². The molecule has 2 rings (SSSR count). The minimum absolute atomic E-state index is 0.163. The topological polar surface area (TPSA) is 105 Å². The van der Waals surface area contributed by atoms with Gasteiger partial charge in [0.05, 0.1) is 6.61 Å². The van der Waals surface area contributed by atoms with Gasteiger partial charge in [-0.2, -0.15) is 0 Å². The van der Waals surface area contributed by atoms with Crippen LogP contribution in [0.5, 0.6) is 0 Å². The number of aliphatic hydroxyl groups is 2. The Labute approximate surface area is 107 Å². The maximum Gasteiger partial charge on any atom is 0.330 e. The molecule has 106 valence electrons. The molecular weight excluding hydrogens is 259 g/mol. The largest absolute Gasteiger partial charge is 0.393 e. The molecule has 1 fully saturated rings. The Morgan fingerprint density at radius 1 is 1.63 bits per heavy atom. The number of aromatic amines is 1. The van der Waals surface area contributed by atoms with Crippen LogP contribution in [-0.4, -0.2) is 44.2 Å². The number of rotatable bonds is 3. The summed E-state index contributed by atoms with van der Waals surface area (Å²) < 4.78 is 19.3. The van der Waals surface area contributed by atoms with E-state index < -0.39 is 42.0 Å². The lowest BCUT2D eigenvalue weighted by molar-refractivity contribution is -0.133. The summed E-state index contributed by atoms with van der Waals surface area (Å²) >= 11 is 0. The molecule has 1 aliphatic rings. The van der Waals surface area contributed by atoms with E-state index in [0.717, 1.165) is 16.8 Å². The molecular formula is C11H15FN2O5. The maximum atomic E-state index is 13.0. The molecule has 8 heteroatoms. The van der Waals surface area contributed by atoms with Gasteiger partial charge >= 0.3 is 5.69 Å². The van der Waals surface area contributed by atoms with Gasteiger partial charge in [-0.1, -0.05) is 0 Å². The smallest absolute Gasteiger partial charge is 0.330 e. The van der Waals surface area contributed by atoms with E-state index in [1.807, 2.05) is 4.98 Å². The average molecular weight is 274 g/mol. The molecule has 0 bridgehead atoms. The Morgan fingerprint density at radius 3 is 2.79 bits per heavy atom. The Bertz CT molecular complexity index is 575. The minimum atomic E-state index is -1.54. The number of hydrogen-bond acceptors (Lipinski definition) is 5. The van der Waals surface area contributed by atoms with Gasteiger partial charge in [0, 0.05) is 18.7 Å². The number of aliphatic hydroxyl groups excluding tert-OH is 1. The van der Waals surface area contributed by atoms with E-state index in [9.17, 15) is 24.2 Å². The van der Waals surface area contributed by atoms with Crippen LogP contribution in [0.1, 0.15) is 19.6 Å². The SMILES string of the molecule is C[C@@]1(O)C[C@](CO)(CF)O[C@H]1n1ccc(=O)[nH]c1=O. The van der Waals surface area contributed by atoms with Gasteiger partial charge in [0.15, 0.2) is 6.23 Å². The third-order valence-corrected chi connectivity index (χ3v) is 3.21. The molecule has 19 heavy (non-hydrogen) atoms. The molecule has 1 saturated heterocycles. The first-order chi connectivity index (χ1) is 8.83. The van der Waals surface area contributed by atoms with Crippen LogP contribution < -0.4 is 11.2 Å². The predicted octanol–water partition coefficient (Wildman–Crippen LogP) is -1.09. The Balaban J connectivity index is 2.45. The van der Waals surface area contributed by atoms with Crippen LogP contribution in [-0.2, 0) is 4.74 Å². The van der Waals surface area contributed by atoms with Gasteiger partial charge in [0.1, 0.15) is 17.9 Å². The zero-order valence-electron chi connectivity index (χ0n) is 10.3. The summed E-state index contributed by atoms with van der Waals surface area (Å²) in [4.78, 5) is 24.7. The number of ether oxygens (including phenoxy) is 1. The third-order valence-electron chi connectivity index (χ3n) is 3.21. The van der Waals surface area contributed by atoms with Crippen molar-refractivity contribution in [2.45, 2.75) is 30.8 Å². The Morgan fingerprint density at radius 2 is 2.32 bits per heavy atom. The molecule has 0 aliphatic carbocycles. The molecule has 3 N–H and O–H groups in total. The van der Waals surface area contributed by atoms with Gasteiger partial charge in [0.25, 0.3) is 5.56 Å². The second-order valence-electron chi connectivity index (χ2n) is 5.00. The molecule has 7 nitrogen and oxygen atoms in total. The van der Waals surface area contributed by atoms with E-state index in [1.54, 1.807) is 0 Å². The van der Waals surface area contributed by atoms with E-state index in [1.165, 1.54) is 6.92 Å². The van der Waals surface area contributed by atoms with Crippen molar-refractivity contribution in [2.24, 2.45) is 0 Å². The summed E-state index contributed by atoms with van der Waals surface area (Å²) in [6.45, 7) is -0.231. The highest BCUT2D eigenvalue weighted by atomic mass is 19.1. The van der Waals surface area contributed by atoms with Crippen LogP contribution in [0, 0.1) is 0 Å². The first kappa shape index (κ1) is 13.9. The summed E-state index contributed by atoms with van der Waals surface area (Å²) in [5, 5.41) is 19.5. The predicted molar refractivity (Wildman–Crippen MR) is 62.5 cm³/mol. The molecule has 1 aromatic heterocycles. The highest BCUT2D eigenvalue weighted by Crippen LogP contribution is 2.43. The van der Waals surface area contributed by atoms with Crippen molar-refractivity contribution < 1.29 is 19.3 Å². The molecule has 1 aromatic rings. The lowest BCUT2D eigenvalue weighted by Crippen LogP contribution is -2.40. The molecule has 0 amide bonds. The van der Waals surface area contributed by atoms with Crippen LogP contribution in [0.15, 0.2) is 21.9 Å². The zero-order chi connectivity index (χ0) is 14.3. The van der Waals surface area contributed by atoms with Gasteiger partial charge in [-0.15, -0.1) is 0 Å². The molecule has 0 spiro atoms. The minimum Gasteiger partial charge on any atom is -0.393 e. The fourth-order valence-electron chi connectivity index (χ4n) is 2.33. The van der Waals surface area contributed by atoms with Crippen LogP contribution in [0.25, 0.3) is 0 Å². The van der Waals surface area contributed by atoms with E-state index in [-0.39, 0.29) is 6.42 Å². The van der Waals surface area contributed by atoms with Crippen molar-refractivity contribution in [3.63, 3.8) is 0 Å². The lowest BCUT2D eigenvalue weighted by Gasteiger charge is -2.25. The summed E-state index contributed by atoms with van der Waals surface area (Å²) in [5.74, 6) is 0. The number of alkyl halides is 1. The van der Waals surface area contributed by atoms with Gasteiger partial charge in [-0.05, 0) is 6.92 Å². The highest BCUT2D eigenvalue weighted by Gasteiger charge is 2.54. The van der Waals surface area contributed by atoms with Crippen LogP contribution in [0.4, 0.5) is 4.39 Å². The van der Waals surface area contributed by atoms with E-state index in [2.05, 4.69) is 0 Å². The number of halogens is 1. The van der Waals surface area contributed by atoms with Crippen LogP contribution in [0.2, 0.25) is 0 Å². The van der Waals surface area contributed by atoms with E-state index in [0.29, 0.717) is 0 Å². The van der Waals surface area contributed by atoms with Crippen molar-refractivity contribution in [2.75, 3.05) is 13.3 Å². The van der Waals surface area contributed by atoms with Crippen molar-refractivity contribution in [3.05, 3.63) is 33.1 Å². The fourth-order valence-corrected chi connectivity index (χ4v) is 2.33. The van der Waals surface area contributed by atoms with Gasteiger partial charge < -0.3 is 14.9 Å². The highest BCUT2D eigenvalue weighted by molar-refractivity contribution is 5.01. The van der Waals surface area contributed by atoms with E-state index >= 15 is 0 Å². The quantitative estimate of drug-likeness (QED) is 0.649. The van der Waals surface area contributed by atoms with Crippen molar-refractivity contribution in [3.8, 4) is 0 Å². The molecule has 0 radical (unpaired) electrons. The number of nitrogens with one attached hydrogen (secondary N) is 1. The number of H-pyrrole nitrogens is 1. The molecule has 0 unspecified atom stereocenters. The van der Waals surface area contributed by atoms with Crippen molar-refractivity contribution >= 4 is 0 Å². The second-order valence-corrected chi connectivity index (χ2v) is 5.00. The molecule has 0 aromatic carbocycles. The monoisotopic (exact) mass is 274 g/mol. The van der Waals surface area contributed by atoms with Crippen molar-refractivity contribution in [1.29, 1.82) is 0 Å². The summed E-state index contributed by atoms with van der Waals surface area (Å²) in [7, 11) is 0. The summed E-state index contributed by atoms with van der Waals surface area (Å²) in [6, 6.07) is 1.09. The maximum absolute atomic E-state index is 13.0. The fraction of sp³-hybridized carbons (Fsp3) is 0.636. The Kier molecular flexibility index (Phi) is 3.33. The summed E-state index contributed by atoms with van der Waals surface area (Å²) in [6.07, 6.45) is -0.186. The molecule has 3 atom stereocenters. The van der Waals surface area contributed by atoms with Gasteiger partial charge in [-0.3, -0.25) is 14.3 Å². The Hall–Kier alpha value is -1.51. The van der Waals surface area contributed by atoms with Crippen LogP contribution in [0.3, 0.4) is 0 Å². The number of hydrogen-bond donors (Lipinski definition) is 3. The van der Waals surface area contributed by atoms with Gasteiger partial charge in [-0.25, -0.2) is 9.18 Å². The van der Waals surface area contributed by atoms with Crippen molar-refractivity contribution in [1.82, 2.24) is 9.55 Å². The first-order valence-corrected chi connectivity index (χ1v) is 5.72. The lowest BCUT2D eigenvalue weighted by atomic mass is 9.92. The zero-order valence-corrected chi connectivity index (χ0v) is 10.3. The third kappa shape index (κ3) is 2.34. The molecule has 1 aliphatic heterocycles.